The van der Waals surface area contributed by atoms with Crippen molar-refractivity contribution in [3.05, 3.63) is 23.4 Å². The molecule has 0 aliphatic heterocycles. The Morgan fingerprint density at radius 3 is 2.50 bits per heavy atom. The minimum absolute atomic E-state index is 0.589. The summed E-state index contributed by atoms with van der Waals surface area (Å²) in [4.78, 5) is 7.10. The SMILES string of the molecule is CCCc1cc(CN)cc(N(CC)CC(C)C)n1. The summed E-state index contributed by atoms with van der Waals surface area (Å²) < 4.78 is 0. The quantitative estimate of drug-likeness (QED) is 0.808. The molecule has 0 unspecified atom stereocenters. The van der Waals surface area contributed by atoms with Gasteiger partial charge in [-0.25, -0.2) is 4.98 Å². The zero-order chi connectivity index (χ0) is 13.5. The van der Waals surface area contributed by atoms with E-state index >= 15 is 0 Å². The predicted molar refractivity (Wildman–Crippen MR) is 78.8 cm³/mol. The molecular weight excluding hydrogens is 222 g/mol. The number of anilines is 1. The van der Waals surface area contributed by atoms with E-state index in [4.69, 9.17) is 10.7 Å². The van der Waals surface area contributed by atoms with Gasteiger partial charge in [-0.15, -0.1) is 0 Å². The van der Waals surface area contributed by atoms with Crippen molar-refractivity contribution in [3.8, 4) is 0 Å². The Morgan fingerprint density at radius 1 is 1.28 bits per heavy atom. The molecule has 18 heavy (non-hydrogen) atoms. The van der Waals surface area contributed by atoms with Crippen molar-refractivity contribution in [1.29, 1.82) is 0 Å². The molecule has 0 fully saturated rings. The van der Waals surface area contributed by atoms with Crippen LogP contribution in [0.4, 0.5) is 5.82 Å². The van der Waals surface area contributed by atoms with Gasteiger partial charge in [-0.3, -0.25) is 0 Å². The van der Waals surface area contributed by atoms with Crippen LogP contribution in [0.2, 0.25) is 0 Å². The lowest BCUT2D eigenvalue weighted by atomic mass is 10.1. The third kappa shape index (κ3) is 4.30. The Balaban J connectivity index is 3.00. The van der Waals surface area contributed by atoms with Crippen molar-refractivity contribution in [2.45, 2.75) is 47.1 Å². The van der Waals surface area contributed by atoms with E-state index in [0.29, 0.717) is 12.5 Å². The molecule has 0 saturated carbocycles. The zero-order valence-corrected chi connectivity index (χ0v) is 12.2. The maximum Gasteiger partial charge on any atom is 0.129 e. The Morgan fingerprint density at radius 2 is 2.00 bits per heavy atom. The van der Waals surface area contributed by atoms with Gasteiger partial charge in [0.1, 0.15) is 5.82 Å². The lowest BCUT2D eigenvalue weighted by molar-refractivity contribution is 0.613. The topological polar surface area (TPSA) is 42.1 Å². The van der Waals surface area contributed by atoms with Crippen molar-refractivity contribution in [2.75, 3.05) is 18.0 Å². The van der Waals surface area contributed by atoms with Gasteiger partial charge in [0.05, 0.1) is 0 Å². The van der Waals surface area contributed by atoms with E-state index in [2.05, 4.69) is 44.7 Å². The molecule has 0 bridgehead atoms. The maximum absolute atomic E-state index is 5.78. The molecule has 0 amide bonds. The van der Waals surface area contributed by atoms with Gasteiger partial charge >= 0.3 is 0 Å². The van der Waals surface area contributed by atoms with E-state index in [1.807, 2.05) is 0 Å². The van der Waals surface area contributed by atoms with Crippen molar-refractivity contribution in [2.24, 2.45) is 11.7 Å². The highest BCUT2D eigenvalue weighted by atomic mass is 15.2. The molecule has 0 saturated heterocycles. The summed E-state index contributed by atoms with van der Waals surface area (Å²) in [5, 5.41) is 0. The van der Waals surface area contributed by atoms with Crippen LogP contribution in [0, 0.1) is 5.92 Å². The summed E-state index contributed by atoms with van der Waals surface area (Å²) in [6, 6.07) is 4.27. The average Bonchev–Trinajstić information content (AvgIpc) is 2.35. The molecular formula is C15H27N3. The number of aromatic nitrogens is 1. The van der Waals surface area contributed by atoms with Gasteiger partial charge in [0.2, 0.25) is 0 Å². The molecule has 1 aromatic rings. The number of hydrogen-bond donors (Lipinski definition) is 1. The third-order valence-electron chi connectivity index (χ3n) is 2.96. The molecule has 0 aliphatic carbocycles. The van der Waals surface area contributed by atoms with Gasteiger partial charge in [0, 0.05) is 25.3 Å². The Kier molecular flexibility index (Phi) is 6.13. The highest BCUT2D eigenvalue weighted by Gasteiger charge is 2.10. The monoisotopic (exact) mass is 249 g/mol. The summed E-state index contributed by atoms with van der Waals surface area (Å²) in [6.45, 7) is 11.5. The fraction of sp³-hybridized carbons (Fsp3) is 0.667. The van der Waals surface area contributed by atoms with Crippen LogP contribution in [0.15, 0.2) is 12.1 Å². The Bertz CT molecular complexity index is 361. The first kappa shape index (κ1) is 15.0. The predicted octanol–water partition coefficient (Wildman–Crippen LogP) is 2.98. The fourth-order valence-electron chi connectivity index (χ4n) is 2.12. The third-order valence-corrected chi connectivity index (χ3v) is 2.96. The number of nitrogens with zero attached hydrogens (tertiary/aromatic N) is 2. The van der Waals surface area contributed by atoms with E-state index in [9.17, 15) is 0 Å². The van der Waals surface area contributed by atoms with E-state index in [0.717, 1.165) is 37.4 Å². The molecule has 102 valence electrons. The average molecular weight is 249 g/mol. The van der Waals surface area contributed by atoms with Gasteiger partial charge in [-0.05, 0) is 37.0 Å². The molecule has 0 atom stereocenters. The van der Waals surface area contributed by atoms with Crippen molar-refractivity contribution in [3.63, 3.8) is 0 Å². The molecule has 0 radical (unpaired) electrons. The first-order chi connectivity index (χ1) is 8.60. The number of rotatable bonds is 7. The highest BCUT2D eigenvalue weighted by molar-refractivity contribution is 5.42. The highest BCUT2D eigenvalue weighted by Crippen LogP contribution is 2.17. The van der Waals surface area contributed by atoms with Crippen molar-refractivity contribution < 1.29 is 0 Å². The van der Waals surface area contributed by atoms with Gasteiger partial charge in [0.15, 0.2) is 0 Å². The van der Waals surface area contributed by atoms with Crippen molar-refractivity contribution in [1.82, 2.24) is 4.98 Å². The fourth-order valence-corrected chi connectivity index (χ4v) is 2.12. The minimum atomic E-state index is 0.589. The molecule has 0 spiro atoms. The lowest BCUT2D eigenvalue weighted by Crippen LogP contribution is -2.28. The van der Waals surface area contributed by atoms with E-state index in [1.165, 1.54) is 5.56 Å². The second-order valence-corrected chi connectivity index (χ2v) is 5.21. The second kappa shape index (κ2) is 7.37. The largest absolute Gasteiger partial charge is 0.357 e. The van der Waals surface area contributed by atoms with Crippen LogP contribution in [0.3, 0.4) is 0 Å². The summed E-state index contributed by atoms with van der Waals surface area (Å²) in [7, 11) is 0. The molecule has 1 aromatic heterocycles. The maximum atomic E-state index is 5.78. The molecule has 1 heterocycles. The number of hydrogen-bond acceptors (Lipinski definition) is 3. The Hall–Kier alpha value is -1.09. The van der Waals surface area contributed by atoms with Crippen LogP contribution in [-0.4, -0.2) is 18.1 Å². The van der Waals surface area contributed by atoms with Crippen LogP contribution in [0.1, 0.15) is 45.4 Å². The van der Waals surface area contributed by atoms with Gasteiger partial charge in [-0.2, -0.15) is 0 Å². The first-order valence-corrected chi connectivity index (χ1v) is 7.05. The van der Waals surface area contributed by atoms with E-state index in [1.54, 1.807) is 0 Å². The normalized spacial score (nSPS) is 11.0. The van der Waals surface area contributed by atoms with E-state index in [-0.39, 0.29) is 0 Å². The van der Waals surface area contributed by atoms with Crippen LogP contribution < -0.4 is 10.6 Å². The molecule has 1 rings (SSSR count). The molecule has 0 aromatic carbocycles. The smallest absolute Gasteiger partial charge is 0.129 e. The number of nitrogens with two attached hydrogens (primary N) is 1. The summed E-state index contributed by atoms with van der Waals surface area (Å²) in [6.07, 6.45) is 2.15. The van der Waals surface area contributed by atoms with Gasteiger partial charge < -0.3 is 10.6 Å². The van der Waals surface area contributed by atoms with Crippen LogP contribution >= 0.6 is 0 Å². The summed E-state index contributed by atoms with van der Waals surface area (Å²) in [5.74, 6) is 1.72. The number of aryl methyl sites for hydroxylation is 1. The lowest BCUT2D eigenvalue weighted by Gasteiger charge is -2.25. The molecule has 3 nitrogen and oxygen atoms in total. The van der Waals surface area contributed by atoms with Gasteiger partial charge in [0.25, 0.3) is 0 Å². The van der Waals surface area contributed by atoms with Crippen LogP contribution in [0.5, 0.6) is 0 Å². The molecule has 0 aliphatic rings. The molecule has 2 N–H and O–H groups in total. The molecule has 3 heteroatoms. The second-order valence-electron chi connectivity index (χ2n) is 5.21. The number of pyridine rings is 1. The van der Waals surface area contributed by atoms with E-state index < -0.39 is 0 Å². The summed E-state index contributed by atoms with van der Waals surface area (Å²) in [5.41, 5.74) is 8.13. The van der Waals surface area contributed by atoms with Gasteiger partial charge in [-0.1, -0.05) is 27.2 Å². The zero-order valence-electron chi connectivity index (χ0n) is 12.2. The van der Waals surface area contributed by atoms with Crippen LogP contribution in [-0.2, 0) is 13.0 Å². The standard InChI is InChI=1S/C15H27N3/c1-5-7-14-8-13(10-16)9-15(17-14)18(6-2)11-12(3)4/h8-9,12H,5-7,10-11,16H2,1-4H3. The minimum Gasteiger partial charge on any atom is -0.357 e. The summed E-state index contributed by atoms with van der Waals surface area (Å²) >= 11 is 0. The Labute approximate surface area is 111 Å². The van der Waals surface area contributed by atoms with Crippen molar-refractivity contribution >= 4 is 5.82 Å². The first-order valence-electron chi connectivity index (χ1n) is 7.05. The van der Waals surface area contributed by atoms with Crippen LogP contribution in [0.25, 0.3) is 0 Å².